The number of halogens is 2. The van der Waals surface area contributed by atoms with E-state index < -0.39 is 12.3 Å². The molecular weight excluding hydrogens is 468 g/mol. The van der Waals surface area contributed by atoms with E-state index in [1.165, 1.54) is 0 Å². The van der Waals surface area contributed by atoms with Gasteiger partial charge < -0.3 is 19.5 Å². The zero-order valence-corrected chi connectivity index (χ0v) is 19.9. The molecule has 0 aliphatic carbocycles. The average Bonchev–Trinajstić information content (AvgIpc) is 2.99. The summed E-state index contributed by atoms with van der Waals surface area (Å²) in [6.07, 6.45) is -0.264. The fraction of sp³-hybridized carbons (Fsp3) is 0.478. The molecule has 2 aliphatic heterocycles. The van der Waals surface area contributed by atoms with Crippen molar-refractivity contribution in [3.8, 4) is 11.5 Å². The van der Waals surface area contributed by atoms with Crippen LogP contribution in [0.1, 0.15) is 26.3 Å². The highest BCUT2D eigenvalue weighted by Gasteiger charge is 2.35. The molecule has 0 spiro atoms. The van der Waals surface area contributed by atoms with Crippen LogP contribution in [-0.2, 0) is 6.42 Å². The summed E-state index contributed by atoms with van der Waals surface area (Å²) >= 11 is 9.74. The molecule has 1 N–H and O–H groups in total. The maximum Gasteiger partial charge on any atom is 0.178 e. The lowest BCUT2D eigenvalue weighted by Crippen LogP contribution is -2.55. The fourth-order valence-corrected chi connectivity index (χ4v) is 4.91. The summed E-state index contributed by atoms with van der Waals surface area (Å²) in [6, 6.07) is 11.9. The van der Waals surface area contributed by atoms with Crippen LogP contribution in [0.5, 0.6) is 11.5 Å². The van der Waals surface area contributed by atoms with Gasteiger partial charge in [0.05, 0.1) is 0 Å². The van der Waals surface area contributed by atoms with Crippen molar-refractivity contribution < 1.29 is 14.6 Å². The summed E-state index contributed by atoms with van der Waals surface area (Å²) < 4.78 is 13.5. The first-order chi connectivity index (χ1) is 14.2. The standard InChI is InChI=1S/C23H28BrClN2O3/c1-15(28)22(27-9-7-26(8-10-27)19-6-4-5-18(25)13-19)29-20-12-17(24)11-16-14-23(2,3)30-21(16)20/h4-6,11-13,15,22,28H,7-10,14H2,1-3H3. The molecule has 7 heteroatoms. The summed E-state index contributed by atoms with van der Waals surface area (Å²) in [6.45, 7) is 9.17. The van der Waals surface area contributed by atoms with Crippen LogP contribution < -0.4 is 14.4 Å². The highest BCUT2D eigenvalue weighted by atomic mass is 79.9. The normalized spacial score (nSPS) is 20.4. The van der Waals surface area contributed by atoms with Gasteiger partial charge in [-0.05, 0) is 51.1 Å². The van der Waals surface area contributed by atoms with Crippen LogP contribution >= 0.6 is 27.5 Å². The molecule has 2 atom stereocenters. The van der Waals surface area contributed by atoms with Gasteiger partial charge in [0.25, 0.3) is 0 Å². The molecule has 2 aliphatic rings. The van der Waals surface area contributed by atoms with Crippen molar-refractivity contribution in [3.05, 3.63) is 51.5 Å². The predicted molar refractivity (Wildman–Crippen MR) is 124 cm³/mol. The van der Waals surface area contributed by atoms with Crippen LogP contribution in [-0.4, -0.2) is 54.1 Å². The Labute approximate surface area is 191 Å². The second-order valence-electron chi connectivity index (χ2n) is 8.68. The molecule has 0 amide bonds. The van der Waals surface area contributed by atoms with E-state index in [0.717, 1.165) is 59.1 Å². The van der Waals surface area contributed by atoms with Gasteiger partial charge in [0, 0.05) is 53.3 Å². The first-order valence-electron chi connectivity index (χ1n) is 10.3. The second kappa shape index (κ2) is 8.58. The highest BCUT2D eigenvalue weighted by Crippen LogP contribution is 2.44. The van der Waals surface area contributed by atoms with Crippen molar-refractivity contribution in [1.29, 1.82) is 0 Å². The van der Waals surface area contributed by atoms with E-state index in [9.17, 15) is 5.11 Å². The van der Waals surface area contributed by atoms with Crippen molar-refractivity contribution in [3.63, 3.8) is 0 Å². The molecule has 4 rings (SSSR count). The molecule has 2 heterocycles. The molecule has 5 nitrogen and oxygen atoms in total. The monoisotopic (exact) mass is 494 g/mol. The molecule has 1 saturated heterocycles. The smallest absolute Gasteiger partial charge is 0.178 e. The molecule has 0 bridgehead atoms. The largest absolute Gasteiger partial charge is 0.483 e. The van der Waals surface area contributed by atoms with Gasteiger partial charge in [-0.15, -0.1) is 0 Å². The summed E-state index contributed by atoms with van der Waals surface area (Å²) in [4.78, 5) is 4.50. The number of ether oxygens (including phenoxy) is 2. The zero-order valence-electron chi connectivity index (χ0n) is 17.6. The minimum atomic E-state index is -0.647. The zero-order chi connectivity index (χ0) is 21.5. The Hall–Kier alpha value is -1.47. The molecule has 30 heavy (non-hydrogen) atoms. The second-order valence-corrected chi connectivity index (χ2v) is 10.0. The number of anilines is 1. The van der Waals surface area contributed by atoms with Crippen LogP contribution in [0.2, 0.25) is 5.02 Å². The number of fused-ring (bicyclic) bond motifs is 1. The topological polar surface area (TPSA) is 45.2 Å². The molecule has 0 radical (unpaired) electrons. The number of aliphatic hydroxyl groups is 1. The first-order valence-corrected chi connectivity index (χ1v) is 11.5. The van der Waals surface area contributed by atoms with Crippen molar-refractivity contribution in [2.45, 2.75) is 45.1 Å². The Bertz CT molecular complexity index is 913. The number of aliphatic hydroxyl groups excluding tert-OH is 1. The number of nitrogens with zero attached hydrogens (tertiary/aromatic N) is 2. The molecular formula is C23H28BrClN2O3. The van der Waals surface area contributed by atoms with Crippen molar-refractivity contribution in [1.82, 2.24) is 4.90 Å². The van der Waals surface area contributed by atoms with E-state index in [4.69, 9.17) is 21.1 Å². The number of hydrogen-bond donors (Lipinski definition) is 1. The maximum absolute atomic E-state index is 10.5. The Balaban J connectivity index is 1.49. The van der Waals surface area contributed by atoms with Gasteiger partial charge in [0.2, 0.25) is 0 Å². The third-order valence-electron chi connectivity index (χ3n) is 5.60. The Kier molecular flexibility index (Phi) is 6.22. The Morgan fingerprint density at radius 2 is 1.90 bits per heavy atom. The third kappa shape index (κ3) is 4.72. The van der Waals surface area contributed by atoms with Gasteiger partial charge in [0.15, 0.2) is 17.7 Å². The minimum Gasteiger partial charge on any atom is -0.483 e. The van der Waals surface area contributed by atoms with Gasteiger partial charge in [-0.1, -0.05) is 33.6 Å². The lowest BCUT2D eigenvalue weighted by Gasteiger charge is -2.41. The average molecular weight is 496 g/mol. The fourth-order valence-electron chi connectivity index (χ4n) is 4.24. The van der Waals surface area contributed by atoms with Crippen LogP contribution in [0.4, 0.5) is 5.69 Å². The molecule has 0 saturated carbocycles. The molecule has 1 fully saturated rings. The highest BCUT2D eigenvalue weighted by molar-refractivity contribution is 9.10. The summed E-state index contributed by atoms with van der Waals surface area (Å²) in [7, 11) is 0. The Morgan fingerprint density at radius 1 is 1.17 bits per heavy atom. The number of rotatable bonds is 5. The van der Waals surface area contributed by atoms with E-state index in [0.29, 0.717) is 5.75 Å². The van der Waals surface area contributed by atoms with Gasteiger partial charge in [-0.2, -0.15) is 0 Å². The molecule has 162 valence electrons. The Morgan fingerprint density at radius 3 is 2.57 bits per heavy atom. The van der Waals surface area contributed by atoms with Crippen molar-refractivity contribution in [2.75, 3.05) is 31.1 Å². The van der Waals surface area contributed by atoms with Gasteiger partial charge >= 0.3 is 0 Å². The molecule has 2 aromatic rings. The summed E-state index contributed by atoms with van der Waals surface area (Å²) in [5.41, 5.74) is 1.99. The predicted octanol–water partition coefficient (Wildman–Crippen LogP) is 4.72. The number of piperazine rings is 1. The number of benzene rings is 2. The van der Waals surface area contributed by atoms with E-state index in [1.54, 1.807) is 6.92 Å². The van der Waals surface area contributed by atoms with Crippen molar-refractivity contribution in [2.24, 2.45) is 0 Å². The number of hydrogen-bond acceptors (Lipinski definition) is 5. The van der Waals surface area contributed by atoms with Gasteiger partial charge in [0.1, 0.15) is 11.7 Å². The lowest BCUT2D eigenvalue weighted by molar-refractivity contribution is -0.0617. The SMILES string of the molecule is CC(O)C(Oc1cc(Br)cc2c1OC(C)(C)C2)N1CCN(c2cccc(Cl)c2)CC1. The third-order valence-corrected chi connectivity index (χ3v) is 6.29. The first kappa shape index (κ1) is 21.8. The van der Waals surface area contributed by atoms with Gasteiger partial charge in [-0.25, -0.2) is 0 Å². The minimum absolute atomic E-state index is 0.260. The molecule has 2 aromatic carbocycles. The van der Waals surface area contributed by atoms with Crippen LogP contribution in [0.25, 0.3) is 0 Å². The van der Waals surface area contributed by atoms with E-state index in [-0.39, 0.29) is 5.60 Å². The van der Waals surface area contributed by atoms with Crippen LogP contribution in [0.15, 0.2) is 40.9 Å². The maximum atomic E-state index is 10.5. The quantitative estimate of drug-likeness (QED) is 0.650. The van der Waals surface area contributed by atoms with Crippen LogP contribution in [0, 0.1) is 0 Å². The van der Waals surface area contributed by atoms with E-state index >= 15 is 0 Å². The van der Waals surface area contributed by atoms with Gasteiger partial charge in [-0.3, -0.25) is 4.90 Å². The van der Waals surface area contributed by atoms with Crippen LogP contribution in [0.3, 0.4) is 0 Å². The lowest BCUT2D eigenvalue weighted by atomic mass is 10.0. The summed E-state index contributed by atoms with van der Waals surface area (Å²) in [5.74, 6) is 1.46. The van der Waals surface area contributed by atoms with Crippen molar-refractivity contribution >= 4 is 33.2 Å². The molecule has 2 unspecified atom stereocenters. The van der Waals surface area contributed by atoms with E-state index in [1.807, 2.05) is 24.3 Å². The van der Waals surface area contributed by atoms with E-state index in [2.05, 4.69) is 51.7 Å². The summed E-state index contributed by atoms with van der Waals surface area (Å²) in [5, 5.41) is 11.3. The molecule has 0 aromatic heterocycles.